The zero-order valence-corrected chi connectivity index (χ0v) is 14.5. The van der Waals surface area contributed by atoms with Crippen LogP contribution in [-0.2, 0) is 0 Å². The van der Waals surface area contributed by atoms with Gasteiger partial charge in [0.25, 0.3) is 0 Å². The van der Waals surface area contributed by atoms with Gasteiger partial charge >= 0.3 is 0 Å². The van der Waals surface area contributed by atoms with Gasteiger partial charge in [0.05, 0.1) is 22.4 Å². The van der Waals surface area contributed by atoms with Gasteiger partial charge in [0.2, 0.25) is 0 Å². The number of rotatable bonds is 3. The third-order valence-electron chi connectivity index (χ3n) is 2.45. The molecule has 0 aliphatic carbocycles. The highest BCUT2D eigenvalue weighted by atomic mass is 79.9. The van der Waals surface area contributed by atoms with Gasteiger partial charge in [-0.15, -0.1) is 11.3 Å². The van der Waals surface area contributed by atoms with E-state index in [-0.39, 0.29) is 6.04 Å². The van der Waals surface area contributed by atoms with Crippen molar-refractivity contribution in [3.05, 3.63) is 42.2 Å². The van der Waals surface area contributed by atoms with E-state index < -0.39 is 0 Å². The number of hydrogen-bond donors (Lipinski definition) is 1. The predicted octanol–water partition coefficient (Wildman–Crippen LogP) is 5.80. The second-order valence-corrected chi connectivity index (χ2v) is 7.11. The van der Waals surface area contributed by atoms with Crippen LogP contribution in [0.15, 0.2) is 26.5 Å². The lowest BCUT2D eigenvalue weighted by molar-refractivity contribution is 0.843. The molecule has 0 aliphatic heterocycles. The molecule has 1 heterocycles. The summed E-state index contributed by atoms with van der Waals surface area (Å²) >= 11 is 14.7. The van der Waals surface area contributed by atoms with E-state index in [1.807, 2.05) is 19.1 Å². The Labute approximate surface area is 132 Å². The standard InChI is InChI=1S/C12H11Br2ClN2S/c1-6(11-5-18-7(2)17-11)16-12-9(13)3-8(15)4-10(12)14/h3-6,16H,1-2H3. The first kappa shape index (κ1) is 14.3. The molecule has 0 spiro atoms. The lowest BCUT2D eigenvalue weighted by Crippen LogP contribution is -2.08. The molecular formula is C12H11Br2ClN2S. The molecule has 1 atom stereocenters. The second-order valence-electron chi connectivity index (χ2n) is 3.90. The Morgan fingerprint density at radius 3 is 2.44 bits per heavy atom. The summed E-state index contributed by atoms with van der Waals surface area (Å²) in [4.78, 5) is 4.48. The van der Waals surface area contributed by atoms with Crippen LogP contribution in [0.3, 0.4) is 0 Å². The van der Waals surface area contributed by atoms with Crippen LogP contribution in [-0.4, -0.2) is 4.98 Å². The summed E-state index contributed by atoms with van der Waals surface area (Å²) in [6.07, 6.45) is 0. The maximum Gasteiger partial charge on any atom is 0.0898 e. The van der Waals surface area contributed by atoms with Gasteiger partial charge in [-0.05, 0) is 57.8 Å². The summed E-state index contributed by atoms with van der Waals surface area (Å²) in [5.74, 6) is 0. The highest BCUT2D eigenvalue weighted by molar-refractivity contribution is 9.11. The molecule has 2 aromatic rings. The van der Waals surface area contributed by atoms with Gasteiger partial charge in [0, 0.05) is 19.3 Å². The zero-order chi connectivity index (χ0) is 13.3. The lowest BCUT2D eigenvalue weighted by atomic mass is 10.2. The fraction of sp³-hybridized carbons (Fsp3) is 0.250. The van der Waals surface area contributed by atoms with Gasteiger partial charge in [-0.2, -0.15) is 0 Å². The Hall–Kier alpha value is -0.100. The quantitative estimate of drug-likeness (QED) is 0.691. The molecule has 1 aromatic heterocycles. The molecular weight excluding hydrogens is 399 g/mol. The van der Waals surface area contributed by atoms with Crippen LogP contribution in [0.2, 0.25) is 5.02 Å². The molecule has 0 fully saturated rings. The van der Waals surface area contributed by atoms with Gasteiger partial charge in [-0.3, -0.25) is 0 Å². The summed E-state index contributed by atoms with van der Waals surface area (Å²) in [7, 11) is 0. The Bertz CT molecular complexity index is 548. The van der Waals surface area contributed by atoms with Gasteiger partial charge in [-0.25, -0.2) is 4.98 Å². The smallest absolute Gasteiger partial charge is 0.0898 e. The highest BCUT2D eigenvalue weighted by Gasteiger charge is 2.13. The predicted molar refractivity (Wildman–Crippen MR) is 85.7 cm³/mol. The van der Waals surface area contributed by atoms with Crippen molar-refractivity contribution >= 4 is 60.5 Å². The molecule has 1 unspecified atom stereocenters. The fourth-order valence-corrected chi connectivity index (χ4v) is 4.15. The topological polar surface area (TPSA) is 24.9 Å². The van der Waals surface area contributed by atoms with Crippen LogP contribution in [0, 0.1) is 6.92 Å². The van der Waals surface area contributed by atoms with E-state index in [0.717, 1.165) is 25.3 Å². The van der Waals surface area contributed by atoms with Crippen molar-refractivity contribution in [1.29, 1.82) is 0 Å². The van der Waals surface area contributed by atoms with E-state index in [1.54, 1.807) is 11.3 Å². The van der Waals surface area contributed by atoms with E-state index >= 15 is 0 Å². The molecule has 0 aliphatic rings. The summed E-state index contributed by atoms with van der Waals surface area (Å²) in [6, 6.07) is 3.88. The molecule has 1 aromatic carbocycles. The largest absolute Gasteiger partial charge is 0.375 e. The van der Waals surface area contributed by atoms with E-state index in [1.165, 1.54) is 0 Å². The molecule has 0 saturated heterocycles. The SMILES string of the molecule is Cc1nc(C(C)Nc2c(Br)cc(Cl)cc2Br)cs1. The van der Waals surface area contributed by atoms with Gasteiger partial charge in [-0.1, -0.05) is 11.6 Å². The van der Waals surface area contributed by atoms with E-state index in [9.17, 15) is 0 Å². The van der Waals surface area contributed by atoms with Crippen molar-refractivity contribution in [3.8, 4) is 0 Å². The first-order valence-electron chi connectivity index (χ1n) is 5.30. The molecule has 6 heteroatoms. The molecule has 0 amide bonds. The van der Waals surface area contributed by atoms with Crippen molar-refractivity contribution in [3.63, 3.8) is 0 Å². The van der Waals surface area contributed by atoms with Crippen LogP contribution < -0.4 is 5.32 Å². The Morgan fingerprint density at radius 1 is 1.33 bits per heavy atom. The zero-order valence-electron chi connectivity index (χ0n) is 9.80. The van der Waals surface area contributed by atoms with Crippen LogP contribution in [0.1, 0.15) is 23.7 Å². The number of thiazole rings is 1. The van der Waals surface area contributed by atoms with E-state index in [0.29, 0.717) is 5.02 Å². The number of aromatic nitrogens is 1. The maximum atomic E-state index is 5.98. The fourth-order valence-electron chi connectivity index (χ4n) is 1.55. The molecule has 0 bridgehead atoms. The summed E-state index contributed by atoms with van der Waals surface area (Å²) in [6.45, 7) is 4.09. The average Bonchev–Trinajstić information content (AvgIpc) is 2.70. The number of nitrogens with zero attached hydrogens (tertiary/aromatic N) is 1. The summed E-state index contributed by atoms with van der Waals surface area (Å²) in [5.41, 5.74) is 2.03. The maximum absolute atomic E-state index is 5.98. The van der Waals surface area contributed by atoms with E-state index in [2.05, 4.69) is 54.5 Å². The first-order chi connectivity index (χ1) is 8.47. The second kappa shape index (κ2) is 5.90. The van der Waals surface area contributed by atoms with E-state index in [4.69, 9.17) is 11.6 Å². The van der Waals surface area contributed by atoms with Crippen molar-refractivity contribution in [2.45, 2.75) is 19.9 Å². The van der Waals surface area contributed by atoms with Crippen LogP contribution in [0.25, 0.3) is 0 Å². The number of aryl methyl sites for hydroxylation is 1. The number of nitrogens with one attached hydrogen (secondary N) is 1. The molecule has 1 N–H and O–H groups in total. The van der Waals surface area contributed by atoms with Crippen molar-refractivity contribution in [1.82, 2.24) is 4.98 Å². The Morgan fingerprint density at radius 2 is 1.94 bits per heavy atom. The number of hydrogen-bond acceptors (Lipinski definition) is 3. The third kappa shape index (κ3) is 3.26. The molecule has 2 nitrogen and oxygen atoms in total. The van der Waals surface area contributed by atoms with Crippen molar-refractivity contribution in [2.24, 2.45) is 0 Å². The number of halogens is 3. The third-order valence-corrected chi connectivity index (χ3v) is 4.71. The Kier molecular flexibility index (Phi) is 4.69. The Balaban J connectivity index is 2.24. The highest BCUT2D eigenvalue weighted by Crippen LogP contribution is 2.36. The monoisotopic (exact) mass is 408 g/mol. The first-order valence-corrected chi connectivity index (χ1v) is 8.15. The minimum atomic E-state index is 0.142. The average molecular weight is 411 g/mol. The minimum absolute atomic E-state index is 0.142. The summed E-state index contributed by atoms with van der Waals surface area (Å²) in [5, 5.41) is 7.27. The van der Waals surface area contributed by atoms with Crippen LogP contribution in [0.5, 0.6) is 0 Å². The lowest BCUT2D eigenvalue weighted by Gasteiger charge is -2.16. The van der Waals surface area contributed by atoms with Crippen LogP contribution in [0.4, 0.5) is 5.69 Å². The molecule has 18 heavy (non-hydrogen) atoms. The molecule has 2 rings (SSSR count). The van der Waals surface area contributed by atoms with Gasteiger partial charge < -0.3 is 5.32 Å². The molecule has 96 valence electrons. The normalized spacial score (nSPS) is 12.5. The number of anilines is 1. The molecule has 0 radical (unpaired) electrons. The number of benzene rings is 1. The minimum Gasteiger partial charge on any atom is -0.375 e. The van der Waals surface area contributed by atoms with Gasteiger partial charge in [0.1, 0.15) is 0 Å². The van der Waals surface area contributed by atoms with Crippen LogP contribution >= 0.6 is 54.8 Å². The van der Waals surface area contributed by atoms with Crippen molar-refractivity contribution in [2.75, 3.05) is 5.32 Å². The van der Waals surface area contributed by atoms with Crippen molar-refractivity contribution < 1.29 is 0 Å². The summed E-state index contributed by atoms with van der Waals surface area (Å²) < 4.78 is 1.86. The van der Waals surface area contributed by atoms with Gasteiger partial charge in [0.15, 0.2) is 0 Å². The molecule has 0 saturated carbocycles.